The second-order valence-electron chi connectivity index (χ2n) is 2.84. The molecular formula is C9H14N2O. The van der Waals surface area contributed by atoms with E-state index in [0.29, 0.717) is 0 Å². The number of nitrogens with zero attached hydrogens (tertiary/aromatic N) is 1. The van der Waals surface area contributed by atoms with Crippen LogP contribution < -0.4 is 10.9 Å². The van der Waals surface area contributed by atoms with Crippen molar-refractivity contribution in [3.63, 3.8) is 0 Å². The van der Waals surface area contributed by atoms with Gasteiger partial charge in [-0.05, 0) is 31.6 Å². The van der Waals surface area contributed by atoms with Crippen molar-refractivity contribution in [2.45, 2.75) is 6.42 Å². The van der Waals surface area contributed by atoms with Crippen molar-refractivity contribution in [2.75, 3.05) is 13.6 Å². The van der Waals surface area contributed by atoms with E-state index in [1.165, 1.54) is 0 Å². The third-order valence-corrected chi connectivity index (χ3v) is 1.83. The highest BCUT2D eigenvalue weighted by Gasteiger charge is 1.93. The predicted molar refractivity (Wildman–Crippen MR) is 49.3 cm³/mol. The summed E-state index contributed by atoms with van der Waals surface area (Å²) in [5.41, 5.74) is 1.15. The summed E-state index contributed by atoms with van der Waals surface area (Å²) in [6.45, 7) is 0.910. The minimum Gasteiger partial charge on any atom is -0.319 e. The van der Waals surface area contributed by atoms with Gasteiger partial charge >= 0.3 is 0 Å². The lowest BCUT2D eigenvalue weighted by Gasteiger charge is -2.01. The molecule has 0 amide bonds. The van der Waals surface area contributed by atoms with Crippen molar-refractivity contribution >= 4 is 0 Å². The van der Waals surface area contributed by atoms with Gasteiger partial charge in [-0.2, -0.15) is 0 Å². The van der Waals surface area contributed by atoms with E-state index >= 15 is 0 Å². The molecule has 0 atom stereocenters. The number of aryl methyl sites for hydroxylation is 1. The van der Waals surface area contributed by atoms with Gasteiger partial charge in [-0.15, -0.1) is 0 Å². The van der Waals surface area contributed by atoms with Crippen LogP contribution in [0.15, 0.2) is 23.1 Å². The van der Waals surface area contributed by atoms with E-state index in [4.69, 9.17) is 0 Å². The highest BCUT2D eigenvalue weighted by Crippen LogP contribution is 1.93. The topological polar surface area (TPSA) is 34.0 Å². The van der Waals surface area contributed by atoms with Crippen LogP contribution in [0.2, 0.25) is 0 Å². The fraction of sp³-hybridized carbons (Fsp3) is 0.444. The summed E-state index contributed by atoms with van der Waals surface area (Å²) in [4.78, 5) is 11.1. The van der Waals surface area contributed by atoms with Crippen LogP contribution in [0.1, 0.15) is 5.56 Å². The van der Waals surface area contributed by atoms with Gasteiger partial charge in [-0.3, -0.25) is 4.79 Å². The zero-order valence-electron chi connectivity index (χ0n) is 7.50. The summed E-state index contributed by atoms with van der Waals surface area (Å²) < 4.78 is 1.57. The Morgan fingerprint density at radius 3 is 2.92 bits per heavy atom. The number of hydrogen-bond donors (Lipinski definition) is 1. The highest BCUT2D eigenvalue weighted by molar-refractivity contribution is 5.11. The largest absolute Gasteiger partial charge is 0.319 e. The molecule has 0 aliphatic carbocycles. The summed E-state index contributed by atoms with van der Waals surface area (Å²) in [5.74, 6) is 0. The van der Waals surface area contributed by atoms with E-state index in [2.05, 4.69) is 5.32 Å². The van der Waals surface area contributed by atoms with Gasteiger partial charge in [0.25, 0.3) is 5.56 Å². The van der Waals surface area contributed by atoms with Crippen LogP contribution >= 0.6 is 0 Å². The molecule has 1 aromatic rings. The first kappa shape index (κ1) is 9.00. The van der Waals surface area contributed by atoms with Crippen molar-refractivity contribution < 1.29 is 0 Å². The van der Waals surface area contributed by atoms with Crippen molar-refractivity contribution in [1.82, 2.24) is 9.88 Å². The molecule has 0 fully saturated rings. The number of aromatic nitrogens is 1. The third-order valence-electron chi connectivity index (χ3n) is 1.83. The van der Waals surface area contributed by atoms with Crippen molar-refractivity contribution in [2.24, 2.45) is 7.05 Å². The number of rotatable bonds is 3. The molecular weight excluding hydrogens is 152 g/mol. The number of hydrogen-bond acceptors (Lipinski definition) is 2. The van der Waals surface area contributed by atoms with Gasteiger partial charge in [0.1, 0.15) is 0 Å². The van der Waals surface area contributed by atoms with Gasteiger partial charge in [0, 0.05) is 19.3 Å². The lowest BCUT2D eigenvalue weighted by molar-refractivity contribution is 0.780. The van der Waals surface area contributed by atoms with Crippen molar-refractivity contribution in [3.05, 3.63) is 34.2 Å². The second-order valence-corrected chi connectivity index (χ2v) is 2.84. The SMILES string of the molecule is CNCCc1ccn(C)c(=O)c1. The summed E-state index contributed by atoms with van der Waals surface area (Å²) in [7, 11) is 3.66. The molecule has 0 spiro atoms. The quantitative estimate of drug-likeness (QED) is 0.693. The summed E-state index contributed by atoms with van der Waals surface area (Å²) in [6.07, 6.45) is 2.71. The standard InChI is InChI=1S/C9H14N2O/c1-10-5-3-8-4-6-11(2)9(12)7-8/h4,6-7,10H,3,5H2,1-2H3. The molecule has 1 rings (SSSR count). The Bertz CT molecular complexity index is 304. The van der Waals surface area contributed by atoms with Gasteiger partial charge in [0.15, 0.2) is 0 Å². The molecule has 66 valence electrons. The maximum atomic E-state index is 11.1. The van der Waals surface area contributed by atoms with E-state index in [-0.39, 0.29) is 5.56 Å². The molecule has 0 aliphatic heterocycles. The van der Waals surface area contributed by atoms with Crippen LogP contribution in [0, 0.1) is 0 Å². The third kappa shape index (κ3) is 2.20. The molecule has 0 aromatic carbocycles. The molecule has 0 bridgehead atoms. The van der Waals surface area contributed by atoms with Gasteiger partial charge in [0.2, 0.25) is 0 Å². The molecule has 3 heteroatoms. The van der Waals surface area contributed by atoms with Gasteiger partial charge in [-0.1, -0.05) is 0 Å². The van der Waals surface area contributed by atoms with Gasteiger partial charge < -0.3 is 9.88 Å². The smallest absolute Gasteiger partial charge is 0.250 e. The zero-order chi connectivity index (χ0) is 8.97. The van der Waals surface area contributed by atoms with Gasteiger partial charge in [-0.25, -0.2) is 0 Å². The molecule has 1 aromatic heterocycles. The van der Waals surface area contributed by atoms with E-state index in [1.54, 1.807) is 23.9 Å². The van der Waals surface area contributed by atoms with Crippen LogP contribution in [0.3, 0.4) is 0 Å². The van der Waals surface area contributed by atoms with Crippen molar-refractivity contribution in [3.8, 4) is 0 Å². The van der Waals surface area contributed by atoms with E-state index < -0.39 is 0 Å². The van der Waals surface area contributed by atoms with E-state index in [0.717, 1.165) is 18.5 Å². The number of pyridine rings is 1. The molecule has 0 saturated heterocycles. The maximum absolute atomic E-state index is 11.1. The fourth-order valence-electron chi connectivity index (χ4n) is 1.01. The Morgan fingerprint density at radius 2 is 2.33 bits per heavy atom. The Hall–Kier alpha value is -1.09. The molecule has 3 nitrogen and oxygen atoms in total. The Labute approximate surface area is 72.0 Å². The Kier molecular flexibility index (Phi) is 3.05. The van der Waals surface area contributed by atoms with E-state index in [1.807, 2.05) is 13.1 Å². The normalized spacial score (nSPS) is 10.2. The minimum atomic E-state index is 0.0589. The van der Waals surface area contributed by atoms with Crippen LogP contribution in [0.25, 0.3) is 0 Å². The zero-order valence-corrected chi connectivity index (χ0v) is 7.50. The fourth-order valence-corrected chi connectivity index (χ4v) is 1.01. The summed E-state index contributed by atoms with van der Waals surface area (Å²) in [6, 6.07) is 3.65. The molecule has 12 heavy (non-hydrogen) atoms. The highest BCUT2D eigenvalue weighted by atomic mass is 16.1. The predicted octanol–water partition coefficient (Wildman–Crippen LogP) is 0.147. The second kappa shape index (κ2) is 4.07. The van der Waals surface area contributed by atoms with Gasteiger partial charge in [0.05, 0.1) is 0 Å². The molecule has 1 heterocycles. The number of likely N-dealkylation sites (N-methyl/N-ethyl adjacent to an activating group) is 1. The van der Waals surface area contributed by atoms with Crippen molar-refractivity contribution in [1.29, 1.82) is 0 Å². The number of nitrogens with one attached hydrogen (secondary N) is 1. The molecule has 0 radical (unpaired) electrons. The molecule has 0 saturated carbocycles. The average molecular weight is 166 g/mol. The van der Waals surface area contributed by atoms with E-state index in [9.17, 15) is 4.79 Å². The lowest BCUT2D eigenvalue weighted by Crippen LogP contribution is -2.17. The van der Waals surface area contributed by atoms with Crippen LogP contribution in [0.5, 0.6) is 0 Å². The van der Waals surface area contributed by atoms with Crippen LogP contribution in [0.4, 0.5) is 0 Å². The summed E-state index contributed by atoms with van der Waals surface area (Å²) >= 11 is 0. The first-order valence-electron chi connectivity index (χ1n) is 4.04. The first-order chi connectivity index (χ1) is 5.74. The minimum absolute atomic E-state index is 0.0589. The Morgan fingerprint density at radius 1 is 1.58 bits per heavy atom. The average Bonchev–Trinajstić information content (AvgIpc) is 2.07. The lowest BCUT2D eigenvalue weighted by atomic mass is 10.2. The van der Waals surface area contributed by atoms with Crippen LogP contribution in [-0.2, 0) is 13.5 Å². The van der Waals surface area contributed by atoms with Crippen LogP contribution in [-0.4, -0.2) is 18.2 Å². The molecule has 0 aliphatic rings. The molecule has 0 unspecified atom stereocenters. The molecule has 1 N–H and O–H groups in total. The maximum Gasteiger partial charge on any atom is 0.250 e. The summed E-state index contributed by atoms with van der Waals surface area (Å²) in [5, 5.41) is 3.04. The first-order valence-corrected chi connectivity index (χ1v) is 4.04. The Balaban J connectivity index is 2.76. The monoisotopic (exact) mass is 166 g/mol.